The number of likely N-dealkylation sites (N-methyl/N-ethyl adjacent to an activating group) is 1. The third-order valence-electron chi connectivity index (χ3n) is 8.09. The molecule has 2 aromatic rings. The van der Waals surface area contributed by atoms with Crippen LogP contribution in [0.3, 0.4) is 0 Å². The molecule has 0 bridgehead atoms. The number of esters is 2. The Hall–Kier alpha value is -3.55. The van der Waals surface area contributed by atoms with Crippen LogP contribution >= 0.6 is 7.60 Å². The summed E-state index contributed by atoms with van der Waals surface area (Å²) in [5.74, 6) is -9.35. The molecule has 262 valence electrons. The maximum absolute atomic E-state index is 16.7. The monoisotopic (exact) mass is 701 g/mol. The molecule has 4 saturated heterocycles. The number of hydrogen-bond donors (Lipinski definition) is 2. The van der Waals surface area contributed by atoms with E-state index in [1.165, 1.54) is 19.1 Å². The molecule has 4 aliphatic heterocycles. The summed E-state index contributed by atoms with van der Waals surface area (Å²) in [5.41, 5.74) is 4.25. The first kappa shape index (κ1) is 34.3. The number of fused-ring (bicyclic) bond motifs is 1. The Morgan fingerprint density at radius 3 is 2.46 bits per heavy atom. The van der Waals surface area contributed by atoms with Crippen LogP contribution in [0.15, 0.2) is 47.4 Å². The number of nitrogen functional groups attached to an aromatic ring is 1. The zero-order valence-corrected chi connectivity index (χ0v) is 27.0. The Labute approximate surface area is 271 Å². The Balaban J connectivity index is 1.45. The van der Waals surface area contributed by atoms with Crippen molar-refractivity contribution in [2.75, 3.05) is 19.3 Å². The van der Waals surface area contributed by atoms with Crippen molar-refractivity contribution >= 4 is 25.4 Å². The number of hydrogen-bond acceptors (Lipinski definition) is 16. The van der Waals surface area contributed by atoms with E-state index < -0.39 is 79.1 Å². The summed E-state index contributed by atoms with van der Waals surface area (Å²) in [6.45, 7) is 5.01. The van der Waals surface area contributed by atoms with Gasteiger partial charge in [-0.25, -0.2) is 4.79 Å². The number of rotatable bonds is 13. The van der Waals surface area contributed by atoms with E-state index in [0.29, 0.717) is 24.0 Å². The summed E-state index contributed by atoms with van der Waals surface area (Å²) in [5, 5.41) is 0. The quantitative estimate of drug-likeness (QED) is 0.0763. The van der Waals surface area contributed by atoms with Gasteiger partial charge in [0, 0.05) is 6.20 Å². The van der Waals surface area contributed by atoms with Crippen molar-refractivity contribution in [2.24, 2.45) is 0 Å². The number of ether oxygens (including phenoxy) is 3. The predicted octanol–water partition coefficient (Wildman–Crippen LogP) is 1.84. The Morgan fingerprint density at radius 2 is 1.88 bits per heavy atom. The van der Waals surface area contributed by atoms with Crippen molar-refractivity contribution in [1.82, 2.24) is 19.9 Å². The number of nitrogens with one attached hydrogen (secondary N) is 1. The number of anilines is 1. The Morgan fingerprint density at radius 1 is 1.19 bits per heavy atom. The lowest BCUT2D eigenvalue weighted by molar-refractivity contribution is -0.456. The van der Waals surface area contributed by atoms with E-state index in [4.69, 9.17) is 43.6 Å². The summed E-state index contributed by atoms with van der Waals surface area (Å²) in [7, 11) is -2.43. The number of alkyl halides is 2. The van der Waals surface area contributed by atoms with Crippen LogP contribution in [0.25, 0.3) is 0 Å². The highest BCUT2D eigenvalue weighted by Gasteiger charge is 3.04. The van der Waals surface area contributed by atoms with E-state index in [1.807, 2.05) is 0 Å². The maximum Gasteiger partial charge on any atom is 0.403 e. The van der Waals surface area contributed by atoms with Gasteiger partial charge in [-0.2, -0.15) is 19.2 Å². The molecule has 0 unspecified atom stereocenters. The number of nitrogens with zero attached hydrogens (tertiary/aromatic N) is 3. The molecule has 0 radical (unpaired) electrons. The van der Waals surface area contributed by atoms with E-state index in [9.17, 15) is 18.9 Å². The average Bonchev–Trinajstić information content (AvgIpc) is 3.67. The number of benzene rings is 1. The fourth-order valence-electron chi connectivity index (χ4n) is 5.51. The number of halogens is 2. The summed E-state index contributed by atoms with van der Waals surface area (Å²) in [4.78, 5) is 61.0. The van der Waals surface area contributed by atoms with E-state index >= 15 is 8.78 Å². The molecule has 4 fully saturated rings. The Kier molecular flexibility index (Phi) is 8.87. The predicted molar refractivity (Wildman–Crippen MR) is 156 cm³/mol. The minimum atomic E-state index is -4.24. The van der Waals surface area contributed by atoms with Crippen molar-refractivity contribution in [3.63, 3.8) is 0 Å². The van der Waals surface area contributed by atoms with E-state index in [0.717, 1.165) is 12.3 Å². The molecule has 48 heavy (non-hydrogen) atoms. The van der Waals surface area contributed by atoms with Gasteiger partial charge in [-0.1, -0.05) is 18.2 Å². The van der Waals surface area contributed by atoms with Gasteiger partial charge in [0.2, 0.25) is 12.3 Å². The molecule has 17 nitrogen and oxygen atoms in total. The van der Waals surface area contributed by atoms with Crippen molar-refractivity contribution < 1.29 is 60.8 Å². The zero-order valence-electron chi connectivity index (χ0n) is 26.1. The van der Waals surface area contributed by atoms with Crippen LogP contribution in [0.1, 0.15) is 39.8 Å². The smallest absolute Gasteiger partial charge is 0.403 e. The number of carbonyl (C=O) groups is 2. The first-order valence-electron chi connectivity index (χ1n) is 15.0. The van der Waals surface area contributed by atoms with Crippen molar-refractivity contribution in [3.05, 3.63) is 53.1 Å². The molecule has 0 aliphatic carbocycles. The molecule has 0 amide bonds. The molecule has 20 heteroatoms. The molecule has 6 rings (SSSR count). The minimum absolute atomic E-state index is 0.00617. The van der Waals surface area contributed by atoms with Gasteiger partial charge in [0.25, 0.3) is 0 Å². The summed E-state index contributed by atoms with van der Waals surface area (Å²) in [6, 6.07) is 6.50. The molecule has 5 heterocycles. The third-order valence-corrected chi connectivity index (χ3v) is 9.97. The van der Waals surface area contributed by atoms with Crippen molar-refractivity contribution in [3.8, 4) is 5.75 Å². The first-order valence-corrected chi connectivity index (χ1v) is 16.5. The largest absolute Gasteiger partial charge is 0.462 e. The first-order chi connectivity index (χ1) is 22.6. The van der Waals surface area contributed by atoms with Crippen LogP contribution < -0.4 is 21.8 Å². The van der Waals surface area contributed by atoms with Crippen LogP contribution in [-0.4, -0.2) is 87.6 Å². The topological polar surface area (TPSA) is 208 Å². The van der Waals surface area contributed by atoms with E-state index in [2.05, 4.69) is 10.5 Å². The SMILES string of the molecule is CC(C)OC(=O)[C@H](C)NO[C@](OOc1ccccc1)([C@@H]1O[C@@H](n2ccc(N)nc2=O)C(F)(F)[C@H]1OC(=O)[C@@H]1CCCN1C)C12OP1(=O)O2. The van der Waals surface area contributed by atoms with Gasteiger partial charge in [-0.3, -0.25) is 37.5 Å². The van der Waals surface area contributed by atoms with Crippen LogP contribution in [0.4, 0.5) is 14.6 Å². The Bertz CT molecular complexity index is 1660. The van der Waals surface area contributed by atoms with Crippen LogP contribution in [0.2, 0.25) is 0 Å². The average molecular weight is 702 g/mol. The molecule has 1 aromatic heterocycles. The van der Waals surface area contributed by atoms with E-state index in [1.54, 1.807) is 44.0 Å². The highest BCUT2D eigenvalue weighted by atomic mass is 31.2. The number of carbonyl (C=O) groups excluding carboxylic acids is 2. The van der Waals surface area contributed by atoms with Crippen LogP contribution in [0, 0.1) is 0 Å². The molecule has 6 atom stereocenters. The normalized spacial score (nSPS) is 32.2. The standard InChI is InChI=1S/C28H34F2N5O12P/c1-15(2)40-22(36)16(3)33-44-27(28-46-48(28,39)47-28,45-43-17-9-6-5-7-10-17)21-20(41-23(37)18-11-8-13-34(18)4)26(29,30)24(42-21)35-14-12-19(31)32-25(35)38/h5-7,9-10,12,14-16,18,20-21,24,33H,8,11,13H2,1-4H3,(H2,31,32,38)/t16-,18-,20-,21+,24+,27-,28?,48?/m0/s1. The van der Waals surface area contributed by atoms with Gasteiger partial charge in [-0.15, -0.1) is 4.89 Å². The van der Waals surface area contributed by atoms with Crippen LogP contribution in [-0.2, 0) is 47.1 Å². The number of hydroxylamine groups is 1. The minimum Gasteiger partial charge on any atom is -0.462 e. The van der Waals surface area contributed by atoms with Crippen molar-refractivity contribution in [2.45, 2.75) is 87.5 Å². The molecule has 4 aliphatic rings. The van der Waals surface area contributed by atoms with Gasteiger partial charge in [0.15, 0.2) is 11.9 Å². The van der Waals surface area contributed by atoms with Gasteiger partial charge in [0.1, 0.15) is 17.9 Å². The van der Waals surface area contributed by atoms with E-state index in [-0.39, 0.29) is 11.6 Å². The summed E-state index contributed by atoms with van der Waals surface area (Å²) in [6.07, 6.45) is -6.22. The molecule has 1 aromatic carbocycles. The molecular formula is C28H34F2N5O12P. The van der Waals surface area contributed by atoms with Gasteiger partial charge >= 0.3 is 42.5 Å². The molecule has 3 N–H and O–H groups in total. The van der Waals surface area contributed by atoms with Gasteiger partial charge < -0.3 is 24.8 Å². The lowest BCUT2D eigenvalue weighted by Gasteiger charge is -2.37. The number of nitrogens with two attached hydrogens (primary N) is 1. The number of likely N-dealkylation sites (tertiary alicyclic amines) is 1. The summed E-state index contributed by atoms with van der Waals surface area (Å²) >= 11 is 0. The lowest BCUT2D eigenvalue weighted by Crippen LogP contribution is -2.64. The number of para-hydroxylation sites is 1. The molecule has 0 spiro atoms. The number of aromatic nitrogens is 2. The highest BCUT2D eigenvalue weighted by molar-refractivity contribution is 7.68. The molecule has 0 saturated carbocycles. The second-order valence-electron chi connectivity index (χ2n) is 12.0. The summed E-state index contributed by atoms with van der Waals surface area (Å²) < 4.78 is 74.1. The maximum atomic E-state index is 16.7. The van der Waals surface area contributed by atoms with Gasteiger partial charge in [-0.05, 0) is 65.4 Å². The van der Waals surface area contributed by atoms with Gasteiger partial charge in [0.05, 0.1) is 6.10 Å². The highest BCUT2D eigenvalue weighted by Crippen LogP contribution is 3.00. The van der Waals surface area contributed by atoms with Crippen molar-refractivity contribution in [1.29, 1.82) is 0 Å². The van der Waals surface area contributed by atoms with Crippen LogP contribution in [0.5, 0.6) is 5.75 Å². The molecular weight excluding hydrogens is 667 g/mol. The fourth-order valence-corrected chi connectivity index (χ4v) is 7.34. The zero-order chi connectivity index (χ0) is 34.6. The second kappa shape index (κ2) is 12.4. The lowest BCUT2D eigenvalue weighted by atomic mass is 10.00. The second-order valence-corrected chi connectivity index (χ2v) is 13.9. The third kappa shape index (κ3) is 5.87. The fraction of sp³-hybridized carbons (Fsp3) is 0.571.